The number of nitrogens with two attached hydrogens (primary N) is 1. The van der Waals surface area contributed by atoms with Crippen LogP contribution < -0.4 is 11.3 Å². The van der Waals surface area contributed by atoms with Crippen molar-refractivity contribution in [2.75, 3.05) is 0 Å². The third-order valence-electron chi connectivity index (χ3n) is 2.92. The van der Waals surface area contributed by atoms with Gasteiger partial charge in [0.25, 0.3) is 11.5 Å². The SMILES string of the molecule is NC(=O)c1cc2c([nH]c1=O)CCc1cnoc1-2. The number of nitrogens with zero attached hydrogens (tertiary/aromatic N) is 1. The Hall–Kier alpha value is -2.37. The van der Waals surface area contributed by atoms with Crippen LogP contribution >= 0.6 is 0 Å². The van der Waals surface area contributed by atoms with E-state index in [2.05, 4.69) is 10.1 Å². The zero-order valence-corrected chi connectivity index (χ0v) is 8.82. The Labute approximate surface area is 95.4 Å². The molecular weight excluding hydrogens is 222 g/mol. The van der Waals surface area contributed by atoms with Crippen LogP contribution in [0.15, 0.2) is 21.6 Å². The molecule has 0 unspecified atom stereocenters. The van der Waals surface area contributed by atoms with E-state index in [1.807, 2.05) is 0 Å². The molecule has 6 heteroatoms. The predicted molar refractivity (Wildman–Crippen MR) is 58.5 cm³/mol. The first-order valence-corrected chi connectivity index (χ1v) is 5.16. The highest BCUT2D eigenvalue weighted by molar-refractivity contribution is 5.93. The van der Waals surface area contributed by atoms with E-state index in [-0.39, 0.29) is 5.56 Å². The van der Waals surface area contributed by atoms with Crippen LogP contribution in [0.5, 0.6) is 0 Å². The number of aromatic nitrogens is 2. The first-order chi connectivity index (χ1) is 8.16. The Morgan fingerprint density at radius 1 is 1.47 bits per heavy atom. The normalized spacial score (nSPS) is 12.9. The summed E-state index contributed by atoms with van der Waals surface area (Å²) in [5, 5.41) is 3.72. The molecule has 0 aliphatic heterocycles. The van der Waals surface area contributed by atoms with Gasteiger partial charge in [-0.15, -0.1) is 0 Å². The Kier molecular flexibility index (Phi) is 1.91. The fourth-order valence-corrected chi connectivity index (χ4v) is 2.07. The van der Waals surface area contributed by atoms with Gasteiger partial charge in [0, 0.05) is 16.8 Å². The van der Waals surface area contributed by atoms with Crippen LogP contribution in [0.3, 0.4) is 0 Å². The monoisotopic (exact) mass is 231 g/mol. The molecule has 0 aromatic carbocycles. The van der Waals surface area contributed by atoms with Crippen molar-refractivity contribution in [3.63, 3.8) is 0 Å². The summed E-state index contributed by atoms with van der Waals surface area (Å²) in [6.45, 7) is 0. The van der Waals surface area contributed by atoms with Crippen molar-refractivity contribution in [3.05, 3.63) is 39.4 Å². The molecule has 6 nitrogen and oxygen atoms in total. The number of pyridine rings is 1. The van der Waals surface area contributed by atoms with Crippen molar-refractivity contribution in [2.45, 2.75) is 12.8 Å². The van der Waals surface area contributed by atoms with Crippen LogP contribution in [0.2, 0.25) is 0 Å². The summed E-state index contributed by atoms with van der Waals surface area (Å²) < 4.78 is 5.13. The lowest BCUT2D eigenvalue weighted by molar-refractivity contribution is 0.0999. The molecule has 0 spiro atoms. The van der Waals surface area contributed by atoms with Gasteiger partial charge in [-0.05, 0) is 18.9 Å². The third-order valence-corrected chi connectivity index (χ3v) is 2.92. The number of carbonyl (C=O) groups excluding carboxylic acids is 1. The molecule has 2 aromatic heterocycles. The van der Waals surface area contributed by atoms with Gasteiger partial charge in [-0.3, -0.25) is 9.59 Å². The zero-order valence-electron chi connectivity index (χ0n) is 8.82. The van der Waals surface area contributed by atoms with Gasteiger partial charge in [-0.1, -0.05) is 5.16 Å². The molecule has 0 saturated carbocycles. The number of rotatable bonds is 1. The Morgan fingerprint density at radius 2 is 2.29 bits per heavy atom. The highest BCUT2D eigenvalue weighted by Gasteiger charge is 2.23. The molecular formula is C11H9N3O3. The molecule has 0 saturated heterocycles. The first kappa shape index (κ1) is 9.83. The standard InChI is InChI=1S/C11H9N3O3/c12-10(15)7-3-6-8(14-11(7)16)2-1-5-4-13-17-9(5)6/h3-4H,1-2H2,(H2,12,15)(H,14,16). The Balaban J connectivity index is 2.30. The van der Waals surface area contributed by atoms with Crippen molar-refractivity contribution in [3.8, 4) is 11.3 Å². The first-order valence-electron chi connectivity index (χ1n) is 5.16. The fraction of sp³-hybridized carbons (Fsp3) is 0.182. The second kappa shape index (κ2) is 3.31. The molecule has 0 bridgehead atoms. The number of carbonyl (C=O) groups is 1. The molecule has 3 N–H and O–H groups in total. The van der Waals surface area contributed by atoms with Gasteiger partial charge in [0.2, 0.25) is 0 Å². The van der Waals surface area contributed by atoms with Gasteiger partial charge in [0.15, 0.2) is 5.76 Å². The predicted octanol–water partition coefficient (Wildman–Crippen LogP) is 0.227. The number of fused-ring (bicyclic) bond motifs is 3. The minimum absolute atomic E-state index is 0.0620. The molecule has 0 fully saturated rings. The summed E-state index contributed by atoms with van der Waals surface area (Å²) in [5.74, 6) is -0.148. The van der Waals surface area contributed by atoms with Gasteiger partial charge in [0.1, 0.15) is 5.56 Å². The van der Waals surface area contributed by atoms with E-state index in [1.165, 1.54) is 6.07 Å². The van der Waals surface area contributed by atoms with E-state index in [9.17, 15) is 9.59 Å². The average Bonchev–Trinajstić information content (AvgIpc) is 2.75. The Bertz CT molecular complexity index is 669. The molecule has 0 radical (unpaired) electrons. The summed E-state index contributed by atoms with van der Waals surface area (Å²) in [6.07, 6.45) is 3.10. The molecule has 1 amide bonds. The van der Waals surface area contributed by atoms with E-state index < -0.39 is 11.5 Å². The molecule has 3 rings (SSSR count). The van der Waals surface area contributed by atoms with Gasteiger partial charge in [-0.25, -0.2) is 0 Å². The highest BCUT2D eigenvalue weighted by Crippen LogP contribution is 2.31. The summed E-state index contributed by atoms with van der Waals surface area (Å²) in [7, 11) is 0. The number of aryl methyl sites for hydroxylation is 2. The number of aromatic amines is 1. The molecule has 2 heterocycles. The lowest BCUT2D eigenvalue weighted by atomic mass is 9.94. The second-order valence-corrected chi connectivity index (χ2v) is 3.95. The maximum atomic E-state index is 11.6. The molecule has 1 aliphatic carbocycles. The lowest BCUT2D eigenvalue weighted by Crippen LogP contribution is -2.25. The van der Waals surface area contributed by atoms with Crippen LogP contribution in [-0.2, 0) is 12.8 Å². The largest absolute Gasteiger partial charge is 0.365 e. The fourth-order valence-electron chi connectivity index (χ4n) is 2.07. The lowest BCUT2D eigenvalue weighted by Gasteiger charge is -2.13. The number of H-pyrrole nitrogens is 1. The van der Waals surface area contributed by atoms with Crippen molar-refractivity contribution < 1.29 is 9.32 Å². The smallest absolute Gasteiger partial charge is 0.261 e. The van der Waals surface area contributed by atoms with Crippen LogP contribution in [-0.4, -0.2) is 16.0 Å². The van der Waals surface area contributed by atoms with Gasteiger partial charge >= 0.3 is 0 Å². The van der Waals surface area contributed by atoms with Crippen LogP contribution in [0.4, 0.5) is 0 Å². The quantitative estimate of drug-likeness (QED) is 0.733. The number of nitrogens with one attached hydrogen (secondary N) is 1. The topological polar surface area (TPSA) is 102 Å². The van der Waals surface area contributed by atoms with E-state index in [1.54, 1.807) is 6.20 Å². The number of primary amides is 1. The van der Waals surface area contributed by atoms with Crippen molar-refractivity contribution >= 4 is 5.91 Å². The van der Waals surface area contributed by atoms with E-state index >= 15 is 0 Å². The van der Waals surface area contributed by atoms with E-state index in [0.717, 1.165) is 17.7 Å². The molecule has 1 aliphatic rings. The van der Waals surface area contributed by atoms with Crippen molar-refractivity contribution in [1.82, 2.24) is 10.1 Å². The number of hydrogen-bond acceptors (Lipinski definition) is 4. The van der Waals surface area contributed by atoms with Crippen molar-refractivity contribution in [1.29, 1.82) is 0 Å². The summed E-state index contributed by atoms with van der Waals surface area (Å²) in [6, 6.07) is 1.47. The van der Waals surface area contributed by atoms with Crippen molar-refractivity contribution in [2.24, 2.45) is 5.73 Å². The number of hydrogen-bond donors (Lipinski definition) is 2. The summed E-state index contributed by atoms with van der Waals surface area (Å²) in [4.78, 5) is 25.4. The maximum absolute atomic E-state index is 11.6. The summed E-state index contributed by atoms with van der Waals surface area (Å²) in [5.41, 5.74) is 7.03. The third kappa shape index (κ3) is 1.37. The van der Waals surface area contributed by atoms with Crippen LogP contribution in [0.25, 0.3) is 11.3 Å². The summed E-state index contributed by atoms with van der Waals surface area (Å²) >= 11 is 0. The molecule has 2 aromatic rings. The Morgan fingerprint density at radius 3 is 3.06 bits per heavy atom. The number of amides is 1. The van der Waals surface area contributed by atoms with E-state index in [4.69, 9.17) is 10.3 Å². The van der Waals surface area contributed by atoms with Gasteiger partial charge < -0.3 is 15.2 Å². The second-order valence-electron chi connectivity index (χ2n) is 3.95. The van der Waals surface area contributed by atoms with E-state index in [0.29, 0.717) is 17.7 Å². The minimum atomic E-state index is -0.749. The zero-order chi connectivity index (χ0) is 12.0. The molecule has 17 heavy (non-hydrogen) atoms. The molecule has 86 valence electrons. The maximum Gasteiger partial charge on any atom is 0.261 e. The van der Waals surface area contributed by atoms with Gasteiger partial charge in [0.05, 0.1) is 6.20 Å². The molecule has 0 atom stereocenters. The van der Waals surface area contributed by atoms with Gasteiger partial charge in [-0.2, -0.15) is 0 Å². The highest BCUT2D eigenvalue weighted by atomic mass is 16.5. The average molecular weight is 231 g/mol. The minimum Gasteiger partial charge on any atom is -0.365 e. The van der Waals surface area contributed by atoms with Crippen LogP contribution in [0, 0.1) is 0 Å². The van der Waals surface area contributed by atoms with Crippen LogP contribution in [0.1, 0.15) is 21.6 Å².